The Bertz CT molecular complexity index is 1140. The fourth-order valence-corrected chi connectivity index (χ4v) is 3.02. The van der Waals surface area contributed by atoms with Crippen LogP contribution in [0.1, 0.15) is 12.5 Å². The zero-order valence-corrected chi connectivity index (χ0v) is 16.0. The molecule has 156 valence electrons. The third-order valence-electron chi connectivity index (χ3n) is 4.40. The van der Waals surface area contributed by atoms with Crippen LogP contribution in [0.5, 0.6) is 5.88 Å². The van der Waals surface area contributed by atoms with Crippen molar-refractivity contribution in [3.8, 4) is 11.6 Å². The zero-order valence-electron chi connectivity index (χ0n) is 16.0. The topological polar surface area (TPSA) is 114 Å². The largest absolute Gasteiger partial charge is 0.417 e. The van der Waals surface area contributed by atoms with Crippen LogP contribution < -0.4 is 10.1 Å². The third kappa shape index (κ3) is 4.20. The first-order chi connectivity index (χ1) is 14.5. The molecule has 4 aromatic rings. The van der Waals surface area contributed by atoms with Gasteiger partial charge in [-0.15, -0.1) is 0 Å². The highest BCUT2D eigenvalue weighted by Crippen LogP contribution is 2.23. The molecule has 0 aliphatic heterocycles. The molecule has 0 amide bonds. The zero-order chi connectivity index (χ0) is 21.1. The molecule has 0 aliphatic rings. The van der Waals surface area contributed by atoms with Crippen molar-refractivity contribution in [1.82, 2.24) is 29.9 Å². The summed E-state index contributed by atoms with van der Waals surface area (Å²) in [5.74, 6) is 0.544. The fourth-order valence-electron chi connectivity index (χ4n) is 3.02. The number of hydrogen-bond donors (Lipinski definition) is 3. The summed E-state index contributed by atoms with van der Waals surface area (Å²) in [6.07, 6.45) is 3.79. The Morgan fingerprint density at radius 2 is 2.07 bits per heavy atom. The van der Waals surface area contributed by atoms with Crippen LogP contribution in [0.4, 0.5) is 20.4 Å². The van der Waals surface area contributed by atoms with E-state index in [9.17, 15) is 13.9 Å². The van der Waals surface area contributed by atoms with Crippen molar-refractivity contribution in [2.45, 2.75) is 20.0 Å². The average molecular weight is 415 g/mol. The maximum atomic E-state index is 12.3. The maximum Gasteiger partial charge on any atom is 0.388 e. The lowest BCUT2D eigenvalue weighted by atomic mass is 10.0. The highest BCUT2D eigenvalue weighted by molar-refractivity contribution is 5.74. The number of aromatic nitrogens is 6. The number of halogens is 2. The van der Waals surface area contributed by atoms with Crippen molar-refractivity contribution in [1.29, 1.82) is 0 Å². The van der Waals surface area contributed by atoms with Gasteiger partial charge in [0, 0.05) is 12.7 Å². The Hall–Kier alpha value is -3.60. The molecule has 3 heterocycles. The van der Waals surface area contributed by atoms with Gasteiger partial charge >= 0.3 is 6.61 Å². The molecular formula is C19H19F2N7O2. The van der Waals surface area contributed by atoms with E-state index in [1.165, 1.54) is 12.3 Å². The fraction of sp³-hybridized carbons (Fsp3) is 0.263. The molecule has 11 heteroatoms. The molecule has 1 unspecified atom stereocenters. The molecule has 1 atom stereocenters. The Morgan fingerprint density at radius 3 is 2.87 bits per heavy atom. The third-order valence-corrected chi connectivity index (χ3v) is 4.40. The molecule has 0 fully saturated rings. The van der Waals surface area contributed by atoms with Crippen molar-refractivity contribution >= 4 is 22.8 Å². The predicted molar refractivity (Wildman–Crippen MR) is 105 cm³/mol. The highest BCUT2D eigenvalue weighted by Gasteiger charge is 2.14. The molecule has 9 nitrogen and oxygen atoms in total. The van der Waals surface area contributed by atoms with Gasteiger partial charge in [-0.3, -0.25) is 0 Å². The number of H-pyrrole nitrogens is 1. The van der Waals surface area contributed by atoms with E-state index in [0.29, 0.717) is 23.4 Å². The minimum absolute atomic E-state index is 0.0863. The Labute approximate surface area is 169 Å². The molecule has 3 aromatic heterocycles. The summed E-state index contributed by atoms with van der Waals surface area (Å²) < 4.78 is 30.5. The second-order valence-electron chi connectivity index (χ2n) is 6.76. The number of fused-ring (bicyclic) bond motifs is 1. The standard InChI is InChI=1S/C19H19F2N7O2/c1-11(10-29)6-12-4-2-3-5-14(12)28-18-13(8-23-28)22-9-16(25-18)24-15-7-17(27-26-15)30-19(20)21/h2-5,7-9,11,19,29H,6,10H2,1H3,(H2,24,25,26,27). The van der Waals surface area contributed by atoms with E-state index in [1.807, 2.05) is 31.2 Å². The van der Waals surface area contributed by atoms with E-state index in [4.69, 9.17) is 0 Å². The smallest absolute Gasteiger partial charge is 0.388 e. The Balaban J connectivity index is 1.65. The van der Waals surface area contributed by atoms with E-state index >= 15 is 0 Å². The summed E-state index contributed by atoms with van der Waals surface area (Å²) in [7, 11) is 0. The molecule has 30 heavy (non-hydrogen) atoms. The first kappa shape index (κ1) is 19.7. The number of aromatic amines is 1. The van der Waals surface area contributed by atoms with Crippen LogP contribution in [0.2, 0.25) is 0 Å². The van der Waals surface area contributed by atoms with Gasteiger partial charge in [0.2, 0.25) is 5.88 Å². The Morgan fingerprint density at radius 1 is 1.23 bits per heavy atom. The van der Waals surface area contributed by atoms with Crippen molar-refractivity contribution < 1.29 is 18.6 Å². The molecular weight excluding hydrogens is 396 g/mol. The highest BCUT2D eigenvalue weighted by atomic mass is 19.3. The van der Waals surface area contributed by atoms with Crippen LogP contribution in [0, 0.1) is 5.92 Å². The van der Waals surface area contributed by atoms with Gasteiger partial charge in [0.1, 0.15) is 5.52 Å². The van der Waals surface area contributed by atoms with Gasteiger partial charge in [-0.2, -0.15) is 19.0 Å². The normalized spacial score (nSPS) is 12.4. The molecule has 0 spiro atoms. The van der Waals surface area contributed by atoms with Crippen molar-refractivity contribution in [2.75, 3.05) is 11.9 Å². The molecule has 0 saturated heterocycles. The molecule has 0 bridgehead atoms. The van der Waals surface area contributed by atoms with Crippen LogP contribution in [0.25, 0.3) is 16.9 Å². The van der Waals surface area contributed by atoms with E-state index in [0.717, 1.165) is 11.3 Å². The summed E-state index contributed by atoms with van der Waals surface area (Å²) in [6.45, 7) is -0.893. The minimum atomic E-state index is -2.95. The average Bonchev–Trinajstić information content (AvgIpc) is 3.34. The number of ether oxygens (including phenoxy) is 1. The lowest BCUT2D eigenvalue weighted by Gasteiger charge is -2.13. The number of alkyl halides is 2. The number of aliphatic hydroxyl groups is 1. The SMILES string of the molecule is CC(CO)Cc1ccccc1-n1ncc2ncc(Nc3cc(OC(F)F)[nH]n3)nc21. The summed E-state index contributed by atoms with van der Waals surface area (Å²) in [5, 5.41) is 22.9. The van der Waals surface area contributed by atoms with Crippen molar-refractivity contribution in [3.05, 3.63) is 48.3 Å². The number of aliphatic hydroxyl groups excluding tert-OH is 1. The number of anilines is 2. The molecule has 3 N–H and O–H groups in total. The van der Waals surface area contributed by atoms with Gasteiger partial charge in [-0.25, -0.2) is 19.7 Å². The molecule has 0 saturated carbocycles. The van der Waals surface area contributed by atoms with Gasteiger partial charge in [-0.1, -0.05) is 25.1 Å². The van der Waals surface area contributed by atoms with E-state index in [2.05, 4.69) is 35.3 Å². The van der Waals surface area contributed by atoms with Crippen LogP contribution in [0.15, 0.2) is 42.7 Å². The second-order valence-corrected chi connectivity index (χ2v) is 6.76. The number of para-hydroxylation sites is 1. The summed E-state index contributed by atoms with van der Waals surface area (Å²) >= 11 is 0. The van der Waals surface area contributed by atoms with Crippen LogP contribution in [-0.2, 0) is 6.42 Å². The quantitative estimate of drug-likeness (QED) is 0.405. The van der Waals surface area contributed by atoms with Gasteiger partial charge in [0.05, 0.1) is 18.1 Å². The minimum Gasteiger partial charge on any atom is -0.417 e. The number of benzene rings is 1. The lowest BCUT2D eigenvalue weighted by molar-refractivity contribution is -0.0528. The summed E-state index contributed by atoms with van der Waals surface area (Å²) in [4.78, 5) is 8.90. The van der Waals surface area contributed by atoms with Gasteiger partial charge < -0.3 is 15.2 Å². The van der Waals surface area contributed by atoms with Gasteiger partial charge in [0.25, 0.3) is 0 Å². The first-order valence-corrected chi connectivity index (χ1v) is 9.20. The van der Waals surface area contributed by atoms with Crippen molar-refractivity contribution in [2.24, 2.45) is 5.92 Å². The van der Waals surface area contributed by atoms with Crippen LogP contribution >= 0.6 is 0 Å². The van der Waals surface area contributed by atoms with E-state index in [1.54, 1.807) is 10.9 Å². The van der Waals surface area contributed by atoms with Gasteiger partial charge in [-0.05, 0) is 24.0 Å². The van der Waals surface area contributed by atoms with Crippen LogP contribution in [0.3, 0.4) is 0 Å². The first-order valence-electron chi connectivity index (χ1n) is 9.20. The monoisotopic (exact) mass is 415 g/mol. The molecule has 0 aliphatic carbocycles. The molecule has 4 rings (SSSR count). The number of nitrogens with zero attached hydrogens (tertiary/aromatic N) is 5. The second kappa shape index (κ2) is 8.41. The van der Waals surface area contributed by atoms with Crippen molar-refractivity contribution in [3.63, 3.8) is 0 Å². The number of rotatable bonds is 8. The van der Waals surface area contributed by atoms with E-state index < -0.39 is 6.61 Å². The number of hydrogen-bond acceptors (Lipinski definition) is 7. The summed E-state index contributed by atoms with van der Waals surface area (Å²) in [6, 6.07) is 9.04. The van der Waals surface area contributed by atoms with Gasteiger partial charge in [0.15, 0.2) is 17.3 Å². The number of nitrogens with one attached hydrogen (secondary N) is 2. The lowest BCUT2D eigenvalue weighted by Crippen LogP contribution is -2.09. The maximum absolute atomic E-state index is 12.3. The Kier molecular flexibility index (Phi) is 5.53. The molecule has 0 radical (unpaired) electrons. The van der Waals surface area contributed by atoms with Crippen LogP contribution in [-0.4, -0.2) is 48.3 Å². The van der Waals surface area contributed by atoms with E-state index in [-0.39, 0.29) is 24.2 Å². The molecule has 1 aromatic carbocycles. The predicted octanol–water partition coefficient (Wildman–Crippen LogP) is 3.05. The summed E-state index contributed by atoms with van der Waals surface area (Å²) in [5.41, 5.74) is 2.97.